The van der Waals surface area contributed by atoms with E-state index in [9.17, 15) is 4.79 Å². The first-order chi connectivity index (χ1) is 8.74. The number of para-hydroxylation sites is 1. The van der Waals surface area contributed by atoms with Gasteiger partial charge in [-0.15, -0.1) is 0 Å². The van der Waals surface area contributed by atoms with Crippen molar-refractivity contribution in [1.82, 2.24) is 0 Å². The van der Waals surface area contributed by atoms with Crippen molar-refractivity contribution < 1.29 is 14.6 Å². The Morgan fingerprint density at radius 1 is 1.11 bits per heavy atom. The maximum absolute atomic E-state index is 10.9. The van der Waals surface area contributed by atoms with Gasteiger partial charge in [0.25, 0.3) is 0 Å². The fraction of sp³-hybridized carbons (Fsp3) is 0.0714. The third-order valence-corrected chi connectivity index (χ3v) is 3.91. The van der Waals surface area contributed by atoms with Gasteiger partial charge in [0.2, 0.25) is 0 Å². The third-order valence-electron chi connectivity index (χ3n) is 2.68. The molecule has 1 N–H and O–H groups in total. The maximum Gasteiger partial charge on any atom is 0.307 e. The summed E-state index contributed by atoms with van der Waals surface area (Å²) >= 11 is 1.56. The Kier molecular flexibility index (Phi) is 2.72. The van der Waals surface area contributed by atoms with Crippen LogP contribution in [0.1, 0.15) is 5.56 Å². The number of carbonyl (C=O) groups is 1. The molecule has 0 saturated heterocycles. The SMILES string of the molecule is O=C(O)Cc1cccc2c1Sc1ccccc1O2. The molecule has 0 radical (unpaired) electrons. The second-order valence-electron chi connectivity index (χ2n) is 3.97. The van der Waals surface area contributed by atoms with Crippen LogP contribution in [0.3, 0.4) is 0 Å². The van der Waals surface area contributed by atoms with Crippen LogP contribution in [-0.4, -0.2) is 11.1 Å². The van der Waals surface area contributed by atoms with Crippen LogP contribution in [0.5, 0.6) is 11.5 Å². The smallest absolute Gasteiger partial charge is 0.307 e. The zero-order chi connectivity index (χ0) is 12.5. The number of carboxylic acids is 1. The van der Waals surface area contributed by atoms with Crippen LogP contribution >= 0.6 is 11.8 Å². The minimum atomic E-state index is -0.831. The molecule has 1 aliphatic rings. The van der Waals surface area contributed by atoms with E-state index in [1.807, 2.05) is 42.5 Å². The standard InChI is InChI=1S/C14H10O3S/c15-13(16)8-9-4-3-6-11-14(9)18-12-7-2-1-5-10(12)17-11/h1-7H,8H2,(H,15,16). The summed E-state index contributed by atoms with van der Waals surface area (Å²) in [6, 6.07) is 13.3. The minimum Gasteiger partial charge on any atom is -0.481 e. The fourth-order valence-corrected chi connectivity index (χ4v) is 2.97. The number of fused-ring (bicyclic) bond motifs is 2. The maximum atomic E-state index is 10.9. The van der Waals surface area contributed by atoms with Gasteiger partial charge in [-0.1, -0.05) is 36.0 Å². The summed E-state index contributed by atoms with van der Waals surface area (Å²) in [4.78, 5) is 12.8. The van der Waals surface area contributed by atoms with E-state index < -0.39 is 5.97 Å². The van der Waals surface area contributed by atoms with Crippen LogP contribution in [0.4, 0.5) is 0 Å². The lowest BCUT2D eigenvalue weighted by atomic mass is 10.1. The Hall–Kier alpha value is -1.94. The highest BCUT2D eigenvalue weighted by molar-refractivity contribution is 7.99. The molecule has 3 rings (SSSR count). The van der Waals surface area contributed by atoms with Crippen molar-refractivity contribution >= 4 is 17.7 Å². The van der Waals surface area contributed by atoms with E-state index in [1.165, 1.54) is 0 Å². The van der Waals surface area contributed by atoms with Gasteiger partial charge in [-0.2, -0.15) is 0 Å². The highest BCUT2D eigenvalue weighted by Gasteiger charge is 2.20. The Morgan fingerprint density at radius 3 is 2.72 bits per heavy atom. The Balaban J connectivity index is 2.04. The number of carboxylic acid groups (broad SMARTS) is 1. The van der Waals surface area contributed by atoms with Gasteiger partial charge in [0.1, 0.15) is 11.5 Å². The molecule has 4 heteroatoms. The highest BCUT2D eigenvalue weighted by Crippen LogP contribution is 2.48. The molecule has 0 atom stereocenters. The molecule has 3 nitrogen and oxygen atoms in total. The first-order valence-electron chi connectivity index (χ1n) is 5.52. The van der Waals surface area contributed by atoms with E-state index in [2.05, 4.69) is 0 Å². The number of ether oxygens (including phenoxy) is 1. The summed E-state index contributed by atoms with van der Waals surface area (Å²) in [5, 5.41) is 8.91. The molecule has 0 bridgehead atoms. The number of hydrogen-bond acceptors (Lipinski definition) is 3. The largest absolute Gasteiger partial charge is 0.481 e. The number of aliphatic carboxylic acids is 1. The molecular weight excluding hydrogens is 248 g/mol. The molecule has 1 heterocycles. The first kappa shape index (κ1) is 11.2. The van der Waals surface area contributed by atoms with Gasteiger partial charge < -0.3 is 9.84 Å². The summed E-state index contributed by atoms with van der Waals surface area (Å²) in [6.07, 6.45) is 0.0156. The van der Waals surface area contributed by atoms with Gasteiger partial charge in [-0.3, -0.25) is 4.79 Å². The second-order valence-corrected chi connectivity index (χ2v) is 5.02. The van der Waals surface area contributed by atoms with Gasteiger partial charge in [0, 0.05) is 0 Å². The second kappa shape index (κ2) is 4.38. The van der Waals surface area contributed by atoms with Crippen LogP contribution in [0, 0.1) is 0 Å². The van der Waals surface area contributed by atoms with Gasteiger partial charge in [-0.05, 0) is 23.8 Å². The van der Waals surface area contributed by atoms with E-state index in [-0.39, 0.29) is 6.42 Å². The van der Waals surface area contributed by atoms with E-state index in [0.717, 1.165) is 26.9 Å². The summed E-state index contributed by atoms with van der Waals surface area (Å²) in [5.74, 6) is 0.725. The molecule has 2 aromatic rings. The number of hydrogen-bond donors (Lipinski definition) is 1. The van der Waals surface area contributed by atoms with E-state index in [4.69, 9.17) is 9.84 Å². The van der Waals surface area contributed by atoms with Crippen molar-refractivity contribution in [3.05, 3.63) is 48.0 Å². The Bertz CT molecular complexity index is 622. The average molecular weight is 258 g/mol. The lowest BCUT2D eigenvalue weighted by molar-refractivity contribution is -0.136. The molecular formula is C14H10O3S. The third kappa shape index (κ3) is 1.95. The van der Waals surface area contributed by atoms with Crippen molar-refractivity contribution in [2.24, 2.45) is 0 Å². The van der Waals surface area contributed by atoms with Gasteiger partial charge in [0.15, 0.2) is 0 Å². The van der Waals surface area contributed by atoms with Crippen molar-refractivity contribution in [2.45, 2.75) is 16.2 Å². The van der Waals surface area contributed by atoms with Crippen LogP contribution < -0.4 is 4.74 Å². The molecule has 1 aliphatic heterocycles. The molecule has 0 spiro atoms. The van der Waals surface area contributed by atoms with Crippen molar-refractivity contribution in [2.75, 3.05) is 0 Å². The predicted octanol–water partition coefficient (Wildman–Crippen LogP) is 3.57. The number of rotatable bonds is 2. The quantitative estimate of drug-likeness (QED) is 0.763. The molecule has 90 valence electrons. The molecule has 0 saturated carbocycles. The van der Waals surface area contributed by atoms with Crippen LogP contribution in [-0.2, 0) is 11.2 Å². The van der Waals surface area contributed by atoms with E-state index in [0.29, 0.717) is 0 Å². The van der Waals surface area contributed by atoms with Crippen LogP contribution in [0.15, 0.2) is 52.3 Å². The Labute approximate surface area is 108 Å². The van der Waals surface area contributed by atoms with Crippen LogP contribution in [0.25, 0.3) is 0 Å². The molecule has 0 fully saturated rings. The summed E-state index contributed by atoms with van der Waals surface area (Å²) in [5.41, 5.74) is 0.791. The fourth-order valence-electron chi connectivity index (χ4n) is 1.91. The molecule has 2 aromatic carbocycles. The van der Waals surface area contributed by atoms with Crippen LogP contribution in [0.2, 0.25) is 0 Å². The molecule has 0 unspecified atom stereocenters. The lowest BCUT2D eigenvalue weighted by Gasteiger charge is -2.21. The summed E-state index contributed by atoms with van der Waals surface area (Å²) < 4.78 is 5.79. The average Bonchev–Trinajstić information content (AvgIpc) is 2.36. The molecule has 0 amide bonds. The normalized spacial score (nSPS) is 12.2. The Morgan fingerprint density at radius 2 is 1.89 bits per heavy atom. The zero-order valence-electron chi connectivity index (χ0n) is 9.42. The highest BCUT2D eigenvalue weighted by atomic mass is 32.2. The van der Waals surface area contributed by atoms with Crippen molar-refractivity contribution in [3.8, 4) is 11.5 Å². The zero-order valence-corrected chi connectivity index (χ0v) is 10.2. The number of benzene rings is 2. The summed E-state index contributed by atoms with van der Waals surface area (Å²) in [6.45, 7) is 0. The van der Waals surface area contributed by atoms with Gasteiger partial charge in [0.05, 0.1) is 16.2 Å². The molecule has 18 heavy (non-hydrogen) atoms. The summed E-state index contributed by atoms with van der Waals surface area (Å²) in [7, 11) is 0. The van der Waals surface area contributed by atoms with Crippen molar-refractivity contribution in [3.63, 3.8) is 0 Å². The van der Waals surface area contributed by atoms with Gasteiger partial charge in [-0.25, -0.2) is 0 Å². The van der Waals surface area contributed by atoms with Crippen molar-refractivity contribution in [1.29, 1.82) is 0 Å². The van der Waals surface area contributed by atoms with E-state index >= 15 is 0 Å². The first-order valence-corrected chi connectivity index (χ1v) is 6.34. The van der Waals surface area contributed by atoms with Gasteiger partial charge >= 0.3 is 5.97 Å². The van der Waals surface area contributed by atoms with E-state index in [1.54, 1.807) is 11.8 Å². The predicted molar refractivity (Wildman–Crippen MR) is 68.4 cm³/mol. The monoisotopic (exact) mass is 258 g/mol. The topological polar surface area (TPSA) is 46.5 Å². The minimum absolute atomic E-state index is 0.0156. The molecule has 0 aromatic heterocycles. The lowest BCUT2D eigenvalue weighted by Crippen LogP contribution is -2.04. The molecule has 0 aliphatic carbocycles.